The van der Waals surface area contributed by atoms with Crippen LogP contribution in [0.15, 0.2) is 64.5 Å². The molecule has 0 saturated heterocycles. The summed E-state index contributed by atoms with van der Waals surface area (Å²) in [7, 11) is -3.84. The highest BCUT2D eigenvalue weighted by Gasteiger charge is 2.32. The maximum absolute atomic E-state index is 13.2. The van der Waals surface area contributed by atoms with Crippen molar-refractivity contribution in [1.29, 1.82) is 0 Å². The Morgan fingerprint density at radius 2 is 1.75 bits per heavy atom. The van der Waals surface area contributed by atoms with Crippen LogP contribution < -0.4 is 0 Å². The minimum Gasteiger partial charge on any atom is -0.294 e. The minimum absolute atomic E-state index is 0.0258. The lowest BCUT2D eigenvalue weighted by atomic mass is 9.97. The van der Waals surface area contributed by atoms with E-state index in [1.165, 1.54) is 11.8 Å². The average Bonchev–Trinajstić information content (AvgIpc) is 3.08. The smallest absolute Gasteiger partial charge is 0.283 e. The molecule has 2 aromatic carbocycles. The Labute approximate surface area is 168 Å². The lowest BCUT2D eigenvalue weighted by Gasteiger charge is -2.13. The van der Waals surface area contributed by atoms with E-state index in [0.29, 0.717) is 41.3 Å². The van der Waals surface area contributed by atoms with Crippen LogP contribution in [0, 0.1) is 6.92 Å². The van der Waals surface area contributed by atoms with Crippen molar-refractivity contribution in [3.63, 3.8) is 0 Å². The number of rotatable bonds is 5. The number of benzene rings is 2. The Balaban J connectivity index is 1.76. The maximum Gasteiger partial charge on any atom is 0.283 e. The normalized spacial score (nSPS) is 14.1. The van der Waals surface area contributed by atoms with Crippen LogP contribution in [0.4, 0.5) is 0 Å². The molecule has 0 saturated carbocycles. The van der Waals surface area contributed by atoms with Crippen molar-refractivity contribution in [3.05, 3.63) is 77.0 Å². The van der Waals surface area contributed by atoms with Gasteiger partial charge in [-0.05, 0) is 37.5 Å². The Morgan fingerprint density at radius 3 is 2.46 bits per heavy atom. The summed E-state index contributed by atoms with van der Waals surface area (Å²) in [5.74, 6) is 0.601. The Kier molecular flexibility index (Phi) is 5.12. The van der Waals surface area contributed by atoms with E-state index in [1.54, 1.807) is 24.3 Å². The third kappa shape index (κ3) is 3.52. The third-order valence-corrected chi connectivity index (χ3v) is 7.44. The molecule has 0 N–H and O–H groups in total. The Hall–Kier alpha value is -2.38. The number of aryl methyl sites for hydroxylation is 1. The first-order chi connectivity index (χ1) is 13.5. The van der Waals surface area contributed by atoms with Gasteiger partial charge in [-0.2, -0.15) is 17.6 Å². The molecule has 0 bridgehead atoms. The molecule has 1 aromatic heterocycles. The van der Waals surface area contributed by atoms with Crippen LogP contribution in [-0.4, -0.2) is 23.4 Å². The number of carbonyl (C=O) groups excluding carboxylic acids is 1. The molecule has 0 spiro atoms. The number of carbonyl (C=O) groups is 1. The number of thioether (sulfide) groups is 1. The van der Waals surface area contributed by atoms with Crippen LogP contribution in [0.25, 0.3) is 0 Å². The van der Waals surface area contributed by atoms with Crippen LogP contribution in [0.5, 0.6) is 0 Å². The van der Waals surface area contributed by atoms with Crippen molar-refractivity contribution in [1.82, 2.24) is 9.19 Å². The summed E-state index contributed by atoms with van der Waals surface area (Å²) in [5.41, 5.74) is 3.06. The molecule has 0 fully saturated rings. The first kappa shape index (κ1) is 19.0. The van der Waals surface area contributed by atoms with Crippen molar-refractivity contribution in [2.75, 3.05) is 0 Å². The van der Waals surface area contributed by atoms with Gasteiger partial charge in [0.05, 0.1) is 16.2 Å². The summed E-state index contributed by atoms with van der Waals surface area (Å²) in [5, 5.41) is 4.90. The van der Waals surface area contributed by atoms with Crippen LogP contribution in [-0.2, 0) is 22.2 Å². The molecular weight excluding hydrogens is 392 g/mol. The molecule has 144 valence electrons. The van der Waals surface area contributed by atoms with Crippen LogP contribution in [0.3, 0.4) is 0 Å². The predicted octanol–water partition coefficient (Wildman–Crippen LogP) is 4.24. The third-order valence-electron chi connectivity index (χ3n) is 4.78. The number of fused-ring (bicyclic) bond motifs is 1. The quantitative estimate of drug-likeness (QED) is 0.586. The lowest BCUT2D eigenvalue weighted by molar-refractivity contribution is 0.0969. The van der Waals surface area contributed by atoms with E-state index in [4.69, 9.17) is 0 Å². The standard InChI is InChI=1S/C21H20N2O3S2/c1-15-10-12-17(13-11-15)28(25,26)23-18-8-5-9-19(24)20(18)21(22-23)27-14-16-6-3-2-4-7-16/h2-4,6-7,10-13H,5,8-9,14H2,1H3. The van der Waals surface area contributed by atoms with Gasteiger partial charge in [-0.3, -0.25) is 4.79 Å². The van der Waals surface area contributed by atoms with Gasteiger partial charge in [0.1, 0.15) is 5.03 Å². The highest BCUT2D eigenvalue weighted by molar-refractivity contribution is 7.98. The molecular formula is C21H20N2O3S2. The van der Waals surface area contributed by atoms with Gasteiger partial charge in [0, 0.05) is 12.2 Å². The van der Waals surface area contributed by atoms with E-state index in [2.05, 4.69) is 5.10 Å². The summed E-state index contributed by atoms with van der Waals surface area (Å²) in [6, 6.07) is 16.6. The number of hydrogen-bond acceptors (Lipinski definition) is 5. The topological polar surface area (TPSA) is 69.0 Å². The van der Waals surface area contributed by atoms with E-state index in [-0.39, 0.29) is 10.7 Å². The average molecular weight is 413 g/mol. The highest BCUT2D eigenvalue weighted by atomic mass is 32.2. The molecule has 7 heteroatoms. The van der Waals surface area contributed by atoms with Crippen molar-refractivity contribution in [2.24, 2.45) is 0 Å². The molecule has 0 amide bonds. The van der Waals surface area contributed by atoms with Gasteiger partial charge < -0.3 is 0 Å². The van der Waals surface area contributed by atoms with Gasteiger partial charge in [0.2, 0.25) is 0 Å². The Morgan fingerprint density at radius 1 is 1.04 bits per heavy atom. The zero-order valence-corrected chi connectivity index (χ0v) is 17.1. The molecule has 1 aliphatic carbocycles. The molecule has 0 radical (unpaired) electrons. The fraction of sp³-hybridized carbons (Fsp3) is 0.238. The van der Waals surface area contributed by atoms with Crippen LogP contribution in [0.1, 0.15) is 40.0 Å². The molecule has 5 nitrogen and oxygen atoms in total. The molecule has 3 aromatic rings. The SMILES string of the molecule is Cc1ccc(S(=O)(=O)n2nc(SCc3ccccc3)c3c2CCCC3=O)cc1. The number of aromatic nitrogens is 2. The van der Waals surface area contributed by atoms with Gasteiger partial charge in [-0.25, -0.2) is 0 Å². The monoisotopic (exact) mass is 412 g/mol. The van der Waals surface area contributed by atoms with Crippen LogP contribution >= 0.6 is 11.8 Å². The molecule has 1 aliphatic rings. The summed E-state index contributed by atoms with van der Waals surface area (Å²) in [6.07, 6.45) is 1.61. The number of nitrogens with zero attached hydrogens (tertiary/aromatic N) is 2. The molecule has 1 heterocycles. The summed E-state index contributed by atoms with van der Waals surface area (Å²) in [4.78, 5) is 12.8. The molecule has 4 rings (SSSR count). The second-order valence-corrected chi connectivity index (χ2v) is 9.57. The van der Waals surface area contributed by atoms with E-state index in [0.717, 1.165) is 15.2 Å². The van der Waals surface area contributed by atoms with Gasteiger partial charge in [0.15, 0.2) is 5.78 Å². The number of hydrogen-bond donors (Lipinski definition) is 0. The van der Waals surface area contributed by atoms with Crippen molar-refractivity contribution in [2.45, 2.75) is 41.9 Å². The number of ketones is 1. The minimum atomic E-state index is -3.84. The predicted molar refractivity (Wildman–Crippen MR) is 109 cm³/mol. The van der Waals surface area contributed by atoms with Gasteiger partial charge in [0.25, 0.3) is 10.0 Å². The Bertz CT molecular complexity index is 1120. The van der Waals surface area contributed by atoms with Crippen molar-refractivity contribution in [3.8, 4) is 0 Å². The highest BCUT2D eigenvalue weighted by Crippen LogP contribution is 2.34. The fourth-order valence-corrected chi connectivity index (χ4v) is 5.69. The first-order valence-electron chi connectivity index (χ1n) is 9.11. The van der Waals surface area contributed by atoms with E-state index in [1.807, 2.05) is 37.3 Å². The maximum atomic E-state index is 13.2. The van der Waals surface area contributed by atoms with Crippen molar-refractivity contribution >= 4 is 27.6 Å². The van der Waals surface area contributed by atoms with E-state index >= 15 is 0 Å². The molecule has 0 aliphatic heterocycles. The zero-order valence-electron chi connectivity index (χ0n) is 15.5. The summed E-state index contributed by atoms with van der Waals surface area (Å²) in [6.45, 7) is 1.91. The van der Waals surface area contributed by atoms with Gasteiger partial charge in [-0.1, -0.05) is 59.8 Å². The molecule has 0 unspecified atom stereocenters. The second-order valence-electron chi connectivity index (χ2n) is 6.84. The summed E-state index contributed by atoms with van der Waals surface area (Å²) >= 11 is 1.41. The van der Waals surface area contributed by atoms with Gasteiger partial charge >= 0.3 is 0 Å². The molecule has 0 atom stereocenters. The fourth-order valence-electron chi connectivity index (χ4n) is 3.29. The largest absolute Gasteiger partial charge is 0.294 e. The number of Topliss-reactive ketones (excluding diaryl/α,β-unsaturated/α-hetero) is 1. The zero-order chi connectivity index (χ0) is 19.7. The van der Waals surface area contributed by atoms with E-state index < -0.39 is 10.0 Å². The van der Waals surface area contributed by atoms with E-state index in [9.17, 15) is 13.2 Å². The van der Waals surface area contributed by atoms with Crippen LogP contribution in [0.2, 0.25) is 0 Å². The first-order valence-corrected chi connectivity index (χ1v) is 11.5. The molecule has 28 heavy (non-hydrogen) atoms. The second kappa shape index (κ2) is 7.56. The van der Waals surface area contributed by atoms with Gasteiger partial charge in [-0.15, -0.1) is 0 Å². The van der Waals surface area contributed by atoms with Crippen molar-refractivity contribution < 1.29 is 13.2 Å². The summed E-state index contributed by atoms with van der Waals surface area (Å²) < 4.78 is 27.5. The lowest BCUT2D eigenvalue weighted by Crippen LogP contribution is -2.20.